The topological polar surface area (TPSA) is 202 Å². The van der Waals surface area contributed by atoms with Gasteiger partial charge in [-0.25, -0.2) is 18.8 Å². The molecule has 2 heterocycles. The number of amides is 1. The first-order valence-electron chi connectivity index (χ1n) is 14.1. The SMILES string of the molecule is CN(C)CCS(=O)c1cc(-c2cn[nH]c2)ccc1NC(=O)[C@H]1Cc2cc(F)ccc2CN1.O=C(O)C(F)(F)F.O=C(O)C(F)(F)F.O=C(O)C(F)(F)F. The number of rotatable bonds is 7. The molecule has 0 aliphatic carbocycles. The molecule has 0 fully saturated rings. The molecule has 6 N–H and O–H groups in total. The molecule has 1 aliphatic heterocycles. The third-order valence-electron chi connectivity index (χ3n) is 6.22. The van der Waals surface area contributed by atoms with Gasteiger partial charge in [0.2, 0.25) is 5.91 Å². The lowest BCUT2D eigenvalue weighted by Gasteiger charge is -2.26. The highest BCUT2D eigenvalue weighted by Crippen LogP contribution is 2.28. The fourth-order valence-corrected chi connectivity index (χ4v) is 5.04. The molecule has 1 aromatic heterocycles. The van der Waals surface area contributed by atoms with Gasteiger partial charge < -0.3 is 30.9 Å². The maximum absolute atomic E-state index is 13.6. The normalized spacial score (nSPS) is 14.5. The summed E-state index contributed by atoms with van der Waals surface area (Å²) in [6.45, 7) is 1.15. The number of hydrogen-bond donors (Lipinski definition) is 6. The van der Waals surface area contributed by atoms with E-state index in [1.54, 1.807) is 24.5 Å². The second kappa shape index (κ2) is 19.7. The van der Waals surface area contributed by atoms with E-state index in [0.29, 0.717) is 35.8 Å². The van der Waals surface area contributed by atoms with Crippen molar-refractivity contribution >= 4 is 40.3 Å². The first-order valence-corrected chi connectivity index (χ1v) is 15.4. The number of carboxylic acids is 3. The van der Waals surface area contributed by atoms with Crippen molar-refractivity contribution in [2.45, 2.75) is 42.4 Å². The third kappa shape index (κ3) is 16.4. The van der Waals surface area contributed by atoms with Crippen molar-refractivity contribution in [2.75, 3.05) is 31.7 Å². The van der Waals surface area contributed by atoms with E-state index in [-0.39, 0.29) is 11.7 Å². The lowest BCUT2D eigenvalue weighted by atomic mass is 9.95. The smallest absolute Gasteiger partial charge is 0.475 e. The molecular formula is C29H29F10N5O8S. The van der Waals surface area contributed by atoms with Crippen LogP contribution in [0.4, 0.5) is 49.6 Å². The number of aliphatic carboxylic acids is 3. The van der Waals surface area contributed by atoms with Gasteiger partial charge in [0.25, 0.3) is 0 Å². The summed E-state index contributed by atoms with van der Waals surface area (Å²) in [4.78, 5) is 42.3. The Balaban J connectivity index is 0.000000545. The van der Waals surface area contributed by atoms with Gasteiger partial charge in [0.05, 0.1) is 33.6 Å². The number of H-pyrrole nitrogens is 1. The van der Waals surface area contributed by atoms with Gasteiger partial charge in [-0.1, -0.05) is 12.1 Å². The Hall–Kier alpha value is -5.10. The summed E-state index contributed by atoms with van der Waals surface area (Å²) in [6.07, 6.45) is -11.4. The van der Waals surface area contributed by atoms with Crippen LogP contribution in [0.15, 0.2) is 53.7 Å². The van der Waals surface area contributed by atoms with E-state index >= 15 is 0 Å². The first-order chi connectivity index (χ1) is 24.2. The lowest BCUT2D eigenvalue weighted by molar-refractivity contribution is -0.193. The lowest BCUT2D eigenvalue weighted by Crippen LogP contribution is -2.44. The minimum atomic E-state index is -5.08. The highest BCUT2D eigenvalue weighted by Gasteiger charge is 2.39. The maximum Gasteiger partial charge on any atom is 0.490 e. The highest BCUT2D eigenvalue weighted by atomic mass is 32.2. The van der Waals surface area contributed by atoms with Crippen LogP contribution in [0.1, 0.15) is 11.1 Å². The molecule has 4 rings (SSSR count). The van der Waals surface area contributed by atoms with E-state index in [2.05, 4.69) is 20.8 Å². The summed E-state index contributed by atoms with van der Waals surface area (Å²) in [7, 11) is 2.55. The van der Waals surface area contributed by atoms with Gasteiger partial charge in [-0.2, -0.15) is 44.6 Å². The summed E-state index contributed by atoms with van der Waals surface area (Å²) >= 11 is 0. The van der Waals surface area contributed by atoms with Gasteiger partial charge >= 0.3 is 36.4 Å². The minimum absolute atomic E-state index is 0.234. The molecule has 3 aromatic rings. The molecule has 53 heavy (non-hydrogen) atoms. The van der Waals surface area contributed by atoms with Gasteiger partial charge in [0, 0.05) is 30.6 Å². The molecule has 13 nitrogen and oxygen atoms in total. The van der Waals surface area contributed by atoms with Gasteiger partial charge in [-0.3, -0.25) is 14.1 Å². The van der Waals surface area contributed by atoms with Crippen LogP contribution in [0.25, 0.3) is 11.1 Å². The number of halogens is 10. The van der Waals surface area contributed by atoms with Crippen LogP contribution >= 0.6 is 0 Å². The number of carbonyl (C=O) groups excluding carboxylic acids is 1. The van der Waals surface area contributed by atoms with Crippen molar-refractivity contribution in [3.63, 3.8) is 0 Å². The van der Waals surface area contributed by atoms with Crippen molar-refractivity contribution in [2.24, 2.45) is 0 Å². The van der Waals surface area contributed by atoms with Crippen molar-refractivity contribution in [3.8, 4) is 11.1 Å². The second-order valence-corrected chi connectivity index (χ2v) is 12.0. The van der Waals surface area contributed by atoms with Gasteiger partial charge in [0.15, 0.2) is 0 Å². The molecule has 0 radical (unpaired) electrons. The first kappa shape index (κ1) is 45.9. The number of carboxylic acid groups (broad SMARTS) is 3. The molecule has 0 bridgehead atoms. The van der Waals surface area contributed by atoms with E-state index < -0.39 is 53.3 Å². The fraction of sp³-hybridized carbons (Fsp3) is 0.345. The van der Waals surface area contributed by atoms with Crippen LogP contribution in [0.2, 0.25) is 0 Å². The Morgan fingerprint density at radius 3 is 1.83 bits per heavy atom. The van der Waals surface area contributed by atoms with Gasteiger partial charge in [-0.15, -0.1) is 0 Å². The van der Waals surface area contributed by atoms with E-state index in [4.69, 9.17) is 29.7 Å². The third-order valence-corrected chi connectivity index (χ3v) is 7.60. The Labute approximate surface area is 294 Å². The summed E-state index contributed by atoms with van der Waals surface area (Å²) in [5, 5.41) is 34.3. The summed E-state index contributed by atoms with van der Waals surface area (Å²) in [6, 6.07) is 9.64. The Morgan fingerprint density at radius 1 is 0.849 bits per heavy atom. The number of carbonyl (C=O) groups is 4. The monoisotopic (exact) mass is 797 g/mol. The quantitative estimate of drug-likeness (QED) is 0.185. The van der Waals surface area contributed by atoms with Crippen LogP contribution in [0.3, 0.4) is 0 Å². The van der Waals surface area contributed by atoms with Crippen LogP contribution in [0.5, 0.6) is 0 Å². The molecule has 2 atom stereocenters. The highest BCUT2D eigenvalue weighted by molar-refractivity contribution is 7.85. The number of hydrogen-bond acceptors (Lipinski definition) is 8. The molecule has 1 unspecified atom stereocenters. The van der Waals surface area contributed by atoms with E-state index in [1.165, 1.54) is 12.1 Å². The van der Waals surface area contributed by atoms with E-state index in [9.17, 15) is 52.9 Å². The van der Waals surface area contributed by atoms with Crippen molar-refractivity contribution in [1.29, 1.82) is 0 Å². The van der Waals surface area contributed by atoms with Crippen LogP contribution < -0.4 is 10.6 Å². The number of fused-ring (bicyclic) bond motifs is 1. The molecule has 1 aliphatic rings. The van der Waals surface area contributed by atoms with Gasteiger partial charge in [0.1, 0.15) is 5.82 Å². The Bertz CT molecular complexity index is 1680. The number of anilines is 1. The van der Waals surface area contributed by atoms with Gasteiger partial charge in [-0.05, 0) is 61.5 Å². The van der Waals surface area contributed by atoms with Crippen molar-refractivity contribution in [1.82, 2.24) is 20.4 Å². The predicted octanol–water partition coefficient (Wildman–Crippen LogP) is 4.44. The standard InChI is InChI=1S/C23H26FN5O2S.3C2HF3O2/c1-29(2)7-8-32(31)22-11-15(18-13-26-27-14-18)4-6-20(22)28-23(30)21-10-17-9-19(24)5-3-16(17)12-25-21;3*3-2(4,5)1(6)7/h3-6,9,11,13-14,21,25H,7-8,10,12H2,1-2H3,(H,26,27)(H,28,30);3*(H,6,7)/t21-,32?;;;/m1.../s1. The number of aromatic nitrogens is 2. The largest absolute Gasteiger partial charge is 0.490 e. The summed E-state index contributed by atoms with van der Waals surface area (Å²) in [5.74, 6) is -8.37. The predicted molar refractivity (Wildman–Crippen MR) is 164 cm³/mol. The average Bonchev–Trinajstić information content (AvgIpc) is 3.58. The van der Waals surface area contributed by atoms with Crippen LogP contribution in [0, 0.1) is 5.82 Å². The molecule has 1 amide bonds. The molecule has 24 heteroatoms. The zero-order valence-electron chi connectivity index (χ0n) is 27.0. The number of alkyl halides is 9. The fourth-order valence-electron chi connectivity index (χ4n) is 3.67. The van der Waals surface area contributed by atoms with E-state index in [1.807, 2.05) is 31.1 Å². The Kier molecular flexibility index (Phi) is 17.0. The van der Waals surface area contributed by atoms with Crippen molar-refractivity contribution < 1.29 is 82.6 Å². The van der Waals surface area contributed by atoms with E-state index in [0.717, 1.165) is 22.3 Å². The zero-order chi connectivity index (χ0) is 40.9. The molecule has 294 valence electrons. The summed E-state index contributed by atoms with van der Waals surface area (Å²) < 4.78 is 122. The molecule has 2 aromatic carbocycles. The maximum atomic E-state index is 13.6. The van der Waals surface area contributed by atoms with Crippen LogP contribution in [-0.4, -0.2) is 109 Å². The van der Waals surface area contributed by atoms with Crippen LogP contribution in [-0.2, 0) is 42.9 Å². The number of aromatic amines is 1. The van der Waals surface area contributed by atoms with Crippen molar-refractivity contribution in [3.05, 3.63) is 65.7 Å². The summed E-state index contributed by atoms with van der Waals surface area (Å²) in [5.41, 5.74) is 4.08. The number of benzene rings is 2. The average molecular weight is 798 g/mol. The Morgan fingerprint density at radius 2 is 1.38 bits per heavy atom. The second-order valence-electron chi connectivity index (χ2n) is 10.5. The number of nitrogens with one attached hydrogen (secondary N) is 3. The zero-order valence-corrected chi connectivity index (χ0v) is 27.8. The number of nitrogens with zero attached hydrogens (tertiary/aromatic N) is 2. The minimum Gasteiger partial charge on any atom is -0.475 e. The molecule has 0 spiro atoms. The molecule has 0 saturated heterocycles. The molecular weight excluding hydrogens is 768 g/mol. The molecule has 0 saturated carbocycles.